The molecule has 0 atom stereocenters. The van der Waals surface area contributed by atoms with Crippen molar-refractivity contribution in [1.29, 1.82) is 0 Å². The van der Waals surface area contributed by atoms with E-state index in [0.29, 0.717) is 28.4 Å². The minimum Gasteiger partial charge on any atom is -0.497 e. The van der Waals surface area contributed by atoms with Crippen molar-refractivity contribution in [2.24, 2.45) is 0 Å². The Labute approximate surface area is 204 Å². The van der Waals surface area contributed by atoms with Crippen LogP contribution >= 0.6 is 12.2 Å². The second-order valence-corrected chi connectivity index (χ2v) is 8.17. The number of carbonyl (C=O) groups excluding carboxylic acids is 2. The molecule has 1 aliphatic heterocycles. The van der Waals surface area contributed by atoms with E-state index in [0.717, 1.165) is 11.1 Å². The fourth-order valence-electron chi connectivity index (χ4n) is 3.88. The van der Waals surface area contributed by atoms with E-state index in [2.05, 4.69) is 0 Å². The van der Waals surface area contributed by atoms with E-state index in [1.54, 1.807) is 31.4 Å². The van der Waals surface area contributed by atoms with Gasteiger partial charge in [-0.3, -0.25) is 19.4 Å². The maximum atomic E-state index is 13.7. The molecule has 1 fully saturated rings. The summed E-state index contributed by atoms with van der Waals surface area (Å²) in [6.45, 7) is 3.80. The first-order valence-electron chi connectivity index (χ1n) is 10.6. The van der Waals surface area contributed by atoms with Crippen molar-refractivity contribution in [3.05, 3.63) is 89.0 Å². The van der Waals surface area contributed by atoms with Crippen LogP contribution in [0.3, 0.4) is 0 Å². The number of methoxy groups -OCH3 is 2. The van der Waals surface area contributed by atoms with Gasteiger partial charge in [0.1, 0.15) is 17.1 Å². The largest absolute Gasteiger partial charge is 0.497 e. The lowest BCUT2D eigenvalue weighted by Crippen LogP contribution is -2.57. The molecule has 1 saturated heterocycles. The number of para-hydroxylation sites is 2. The lowest BCUT2D eigenvalue weighted by molar-refractivity contribution is -0.120. The quantitative estimate of drug-likeness (QED) is 0.295. The zero-order chi connectivity index (χ0) is 24.4. The standard InChI is InChI=1S/C27H24N2O4S/c1-17-9-5-7-11-22(17)28-25(30)21(15-19-13-14-20(32-3)16-24(19)33-4)26(31)29(27(28)34)23-12-8-6-10-18(23)2/h5-16H,1-4H3. The number of nitrogens with zero attached hydrogens (tertiary/aromatic N) is 2. The molecule has 172 valence electrons. The Morgan fingerprint density at radius 3 is 1.76 bits per heavy atom. The third-order valence-corrected chi connectivity index (χ3v) is 6.07. The number of benzene rings is 3. The Morgan fingerprint density at radius 2 is 1.29 bits per heavy atom. The Bertz CT molecular complexity index is 1260. The number of aryl methyl sites for hydroxylation is 2. The molecule has 0 aliphatic carbocycles. The Hall–Kier alpha value is -3.97. The highest BCUT2D eigenvalue weighted by atomic mass is 32.1. The Kier molecular flexibility index (Phi) is 6.47. The minimum atomic E-state index is -0.494. The van der Waals surface area contributed by atoms with Gasteiger partial charge in [-0.1, -0.05) is 36.4 Å². The van der Waals surface area contributed by atoms with Crippen LogP contribution in [0.25, 0.3) is 6.08 Å². The molecule has 0 unspecified atom stereocenters. The molecular formula is C27H24N2O4S. The third-order valence-electron chi connectivity index (χ3n) is 5.70. The van der Waals surface area contributed by atoms with Gasteiger partial charge in [-0.15, -0.1) is 0 Å². The predicted molar refractivity (Wildman–Crippen MR) is 137 cm³/mol. The van der Waals surface area contributed by atoms with Crippen molar-refractivity contribution in [3.63, 3.8) is 0 Å². The van der Waals surface area contributed by atoms with Crippen LogP contribution in [0.2, 0.25) is 0 Å². The molecule has 1 aliphatic rings. The van der Waals surface area contributed by atoms with E-state index < -0.39 is 11.8 Å². The second-order valence-electron chi connectivity index (χ2n) is 7.80. The van der Waals surface area contributed by atoms with Crippen molar-refractivity contribution in [3.8, 4) is 11.5 Å². The Balaban J connectivity index is 1.93. The zero-order valence-corrected chi connectivity index (χ0v) is 20.2. The van der Waals surface area contributed by atoms with Crippen LogP contribution in [0, 0.1) is 13.8 Å². The van der Waals surface area contributed by atoms with E-state index >= 15 is 0 Å². The number of anilines is 2. The summed E-state index contributed by atoms with van der Waals surface area (Å²) in [7, 11) is 3.08. The summed E-state index contributed by atoms with van der Waals surface area (Å²) in [6, 6.07) is 20.1. The van der Waals surface area contributed by atoms with E-state index in [-0.39, 0.29) is 10.7 Å². The summed E-state index contributed by atoms with van der Waals surface area (Å²) in [4.78, 5) is 30.3. The van der Waals surface area contributed by atoms with E-state index in [4.69, 9.17) is 21.7 Å². The number of hydrogen-bond acceptors (Lipinski definition) is 5. The molecule has 0 radical (unpaired) electrons. The maximum Gasteiger partial charge on any atom is 0.270 e. The lowest BCUT2D eigenvalue weighted by Gasteiger charge is -2.37. The first kappa shape index (κ1) is 23.2. The molecule has 1 heterocycles. The summed E-state index contributed by atoms with van der Waals surface area (Å²) in [5, 5.41) is 0.109. The van der Waals surface area contributed by atoms with Crippen molar-refractivity contribution in [2.75, 3.05) is 24.0 Å². The topological polar surface area (TPSA) is 59.1 Å². The van der Waals surface area contributed by atoms with Gasteiger partial charge in [0, 0.05) is 11.6 Å². The van der Waals surface area contributed by atoms with Crippen LogP contribution in [-0.2, 0) is 9.59 Å². The molecule has 0 N–H and O–H groups in total. The van der Waals surface area contributed by atoms with E-state index in [1.165, 1.54) is 16.9 Å². The van der Waals surface area contributed by atoms with Gasteiger partial charge < -0.3 is 9.47 Å². The maximum absolute atomic E-state index is 13.7. The average Bonchev–Trinajstić information content (AvgIpc) is 2.84. The summed E-state index contributed by atoms with van der Waals surface area (Å²) >= 11 is 5.73. The number of carbonyl (C=O) groups is 2. The van der Waals surface area contributed by atoms with Crippen LogP contribution in [0.5, 0.6) is 11.5 Å². The van der Waals surface area contributed by atoms with Gasteiger partial charge in [-0.05, 0) is 67.5 Å². The molecule has 3 aromatic carbocycles. The number of hydrogen-bond donors (Lipinski definition) is 0. The number of rotatable bonds is 5. The summed E-state index contributed by atoms with van der Waals surface area (Å²) < 4.78 is 10.7. The molecule has 34 heavy (non-hydrogen) atoms. The second kappa shape index (κ2) is 9.49. The molecule has 2 amide bonds. The molecule has 0 spiro atoms. The monoisotopic (exact) mass is 472 g/mol. The van der Waals surface area contributed by atoms with Crippen molar-refractivity contribution in [1.82, 2.24) is 0 Å². The molecule has 6 nitrogen and oxygen atoms in total. The third kappa shape index (κ3) is 4.06. The smallest absolute Gasteiger partial charge is 0.270 e. The summed E-state index contributed by atoms with van der Waals surface area (Å²) in [5.41, 5.74) is 3.51. The molecular weight excluding hydrogens is 448 g/mol. The number of thiocarbonyl (C=S) groups is 1. The van der Waals surface area contributed by atoms with Gasteiger partial charge in [0.25, 0.3) is 11.8 Å². The summed E-state index contributed by atoms with van der Waals surface area (Å²) in [6.07, 6.45) is 1.54. The first-order valence-corrected chi connectivity index (χ1v) is 11.1. The van der Waals surface area contributed by atoms with Crippen LogP contribution in [0.1, 0.15) is 16.7 Å². The molecule has 4 rings (SSSR count). The van der Waals surface area contributed by atoms with Crippen LogP contribution < -0.4 is 19.3 Å². The van der Waals surface area contributed by atoms with Crippen molar-refractivity contribution >= 4 is 46.6 Å². The van der Waals surface area contributed by atoms with Gasteiger partial charge in [0.15, 0.2) is 5.11 Å². The van der Waals surface area contributed by atoms with Gasteiger partial charge in [0.2, 0.25) is 0 Å². The fraction of sp³-hybridized carbons (Fsp3) is 0.148. The molecule has 3 aromatic rings. The van der Waals surface area contributed by atoms with Crippen molar-refractivity contribution in [2.45, 2.75) is 13.8 Å². The van der Waals surface area contributed by atoms with E-state index in [1.807, 2.05) is 62.4 Å². The van der Waals surface area contributed by atoms with Crippen LogP contribution in [-0.4, -0.2) is 31.1 Å². The van der Waals surface area contributed by atoms with Gasteiger partial charge in [0.05, 0.1) is 25.6 Å². The molecule has 7 heteroatoms. The van der Waals surface area contributed by atoms with Crippen LogP contribution in [0.15, 0.2) is 72.3 Å². The minimum absolute atomic E-state index is 0.0245. The lowest BCUT2D eigenvalue weighted by atomic mass is 10.0. The van der Waals surface area contributed by atoms with Crippen molar-refractivity contribution < 1.29 is 19.1 Å². The fourth-order valence-corrected chi connectivity index (χ4v) is 4.24. The van der Waals surface area contributed by atoms with E-state index in [9.17, 15) is 9.59 Å². The first-order chi connectivity index (χ1) is 16.4. The Morgan fingerprint density at radius 1 is 0.765 bits per heavy atom. The molecule has 0 bridgehead atoms. The highest BCUT2D eigenvalue weighted by Gasteiger charge is 2.42. The van der Waals surface area contributed by atoms with Gasteiger partial charge >= 0.3 is 0 Å². The van der Waals surface area contributed by atoms with Gasteiger partial charge in [-0.25, -0.2) is 0 Å². The number of amides is 2. The average molecular weight is 473 g/mol. The molecule has 0 saturated carbocycles. The highest BCUT2D eigenvalue weighted by Crippen LogP contribution is 2.34. The van der Waals surface area contributed by atoms with Crippen LogP contribution in [0.4, 0.5) is 11.4 Å². The molecule has 0 aromatic heterocycles. The zero-order valence-electron chi connectivity index (χ0n) is 19.4. The predicted octanol–water partition coefficient (Wildman–Crippen LogP) is 5.07. The highest BCUT2D eigenvalue weighted by molar-refractivity contribution is 7.81. The summed E-state index contributed by atoms with van der Waals surface area (Å²) in [5.74, 6) is 0.0917. The normalized spacial score (nSPS) is 13.9. The SMILES string of the molecule is COc1ccc(C=C2C(=O)N(c3ccccc3C)C(=S)N(c3ccccc3C)C2=O)c(OC)c1. The van der Waals surface area contributed by atoms with Gasteiger partial charge in [-0.2, -0.15) is 0 Å². The number of ether oxygens (including phenoxy) is 2.